The fraction of sp³-hybridized carbons (Fsp3) is 0.375. The van der Waals surface area contributed by atoms with E-state index in [0.717, 1.165) is 16.7 Å². The largest absolute Gasteiger partial charge is 0.343 e. The molecule has 2 aromatic rings. The maximum absolute atomic E-state index is 10.4. The molecule has 2 aliphatic rings. The summed E-state index contributed by atoms with van der Waals surface area (Å²) in [6, 6.07) is 22.7. The lowest BCUT2D eigenvalue weighted by Crippen LogP contribution is -2.91. The van der Waals surface area contributed by atoms with Crippen molar-refractivity contribution in [3.05, 3.63) is 60.2 Å². The minimum absolute atomic E-state index is 0.211. The van der Waals surface area contributed by atoms with Crippen molar-refractivity contribution in [2.45, 2.75) is 32.1 Å². The average molecular weight is 401 g/mol. The summed E-state index contributed by atoms with van der Waals surface area (Å²) in [5.41, 5.74) is 5.87. The predicted molar refractivity (Wildman–Crippen MR) is 111 cm³/mol. The molecule has 152 valence electrons. The number of nitrogens with two attached hydrogens (primary N) is 1. The van der Waals surface area contributed by atoms with Gasteiger partial charge in [-0.15, -0.1) is 0 Å². The summed E-state index contributed by atoms with van der Waals surface area (Å²) in [6.45, 7) is 6.15. The Morgan fingerprint density at radius 1 is 0.900 bits per heavy atom. The molecule has 0 radical (unpaired) electrons. The third-order valence-corrected chi connectivity index (χ3v) is 6.80. The molecule has 1 aliphatic heterocycles. The molecule has 0 aromatic heterocycles. The van der Waals surface area contributed by atoms with Crippen LogP contribution in [0.25, 0.3) is 11.1 Å². The Morgan fingerprint density at radius 3 is 1.97 bits per heavy atom. The maximum atomic E-state index is 10.4. The molecule has 4 rings (SSSR count). The summed E-state index contributed by atoms with van der Waals surface area (Å²) in [7, 11) is 0. The monoisotopic (exact) mass is 401 g/mol. The van der Waals surface area contributed by atoms with Crippen LogP contribution in [0.2, 0.25) is 0 Å². The van der Waals surface area contributed by atoms with Crippen LogP contribution in [0.15, 0.2) is 54.6 Å². The van der Waals surface area contributed by atoms with Gasteiger partial charge < -0.3 is 9.47 Å². The van der Waals surface area contributed by atoms with Crippen LogP contribution in [-0.4, -0.2) is 25.0 Å². The van der Waals surface area contributed by atoms with Gasteiger partial charge in [-0.2, -0.15) is 10.5 Å². The van der Waals surface area contributed by atoms with E-state index in [-0.39, 0.29) is 5.84 Å². The first kappa shape index (κ1) is 20.1. The summed E-state index contributed by atoms with van der Waals surface area (Å²) in [5, 5.41) is 20.7. The Hall–Kier alpha value is -3.19. The van der Waals surface area contributed by atoms with Crippen molar-refractivity contribution in [1.82, 2.24) is 0 Å². The molecule has 6 nitrogen and oxygen atoms in total. The molecule has 0 amide bonds. The quantitative estimate of drug-likeness (QED) is 0.718. The summed E-state index contributed by atoms with van der Waals surface area (Å²) in [5.74, 6) is -1.28. The van der Waals surface area contributed by atoms with Crippen LogP contribution in [0.4, 0.5) is 0 Å². The van der Waals surface area contributed by atoms with Crippen LogP contribution in [-0.2, 0) is 14.9 Å². The smallest absolute Gasteiger partial charge is 0.314 e. The lowest BCUT2D eigenvalue weighted by atomic mass is 9.84. The van der Waals surface area contributed by atoms with Crippen molar-refractivity contribution in [1.29, 1.82) is 10.5 Å². The number of nitrogens with zero attached hydrogens (tertiary/aromatic N) is 2. The first-order valence-corrected chi connectivity index (χ1v) is 10.1. The molecule has 0 saturated heterocycles. The number of benzene rings is 2. The molecule has 0 spiro atoms. The third-order valence-electron chi connectivity index (χ3n) is 6.80. The van der Waals surface area contributed by atoms with E-state index < -0.39 is 22.2 Å². The molecule has 6 heteroatoms. The summed E-state index contributed by atoms with van der Waals surface area (Å²) in [6.07, 6.45) is 0. The Bertz CT molecular complexity index is 1080. The minimum Gasteiger partial charge on any atom is -0.314 e. The van der Waals surface area contributed by atoms with E-state index in [1.54, 1.807) is 0 Å². The van der Waals surface area contributed by atoms with Gasteiger partial charge in [0.05, 0.1) is 30.8 Å². The van der Waals surface area contributed by atoms with E-state index in [4.69, 9.17) is 15.2 Å². The molecule has 1 saturated carbocycles. The van der Waals surface area contributed by atoms with Gasteiger partial charge in [0.25, 0.3) is 5.84 Å². The molecule has 1 fully saturated rings. The lowest BCUT2D eigenvalue weighted by molar-refractivity contribution is -0.694. The first-order chi connectivity index (χ1) is 14.4. The normalized spacial score (nSPS) is 30.6. The van der Waals surface area contributed by atoms with Crippen LogP contribution in [0.1, 0.15) is 26.3 Å². The lowest BCUT2D eigenvalue weighted by Gasteiger charge is -2.32. The van der Waals surface area contributed by atoms with Crippen molar-refractivity contribution < 1.29 is 14.5 Å². The molecular weight excluding hydrogens is 376 g/mol. The molecule has 0 unspecified atom stereocenters. The zero-order valence-electron chi connectivity index (χ0n) is 17.4. The van der Waals surface area contributed by atoms with Crippen LogP contribution < -0.4 is 10.7 Å². The fourth-order valence-corrected chi connectivity index (χ4v) is 5.45. The van der Waals surface area contributed by atoms with Gasteiger partial charge in [0.15, 0.2) is 10.8 Å². The van der Waals surface area contributed by atoms with Gasteiger partial charge in [-0.05, 0) is 30.5 Å². The number of amidine groups is 1. The standard InChI is InChI=1S/C24H24N4O2/c1-4-29-24(30-5-2)23(16-26)21(3,22(23,15-25)20(27)28-24)19-13-11-18(12-14-19)17-9-7-6-8-10-17/h6-14H,4-5H2,1-3H3,(H2,27,28)/p+1/t21-,22-,23+/m0/s1. The van der Waals surface area contributed by atoms with Crippen molar-refractivity contribution in [3.8, 4) is 23.3 Å². The van der Waals surface area contributed by atoms with Crippen molar-refractivity contribution >= 4 is 5.84 Å². The van der Waals surface area contributed by atoms with E-state index in [2.05, 4.69) is 17.1 Å². The zero-order chi connectivity index (χ0) is 21.6. The number of hydrogen-bond acceptors (Lipinski definition) is 5. The van der Waals surface area contributed by atoms with Gasteiger partial charge in [-0.25, -0.2) is 4.99 Å². The highest BCUT2D eigenvalue weighted by atomic mass is 16.7. The first-order valence-electron chi connectivity index (χ1n) is 10.1. The van der Waals surface area contributed by atoms with E-state index in [9.17, 15) is 10.5 Å². The molecule has 3 N–H and O–H groups in total. The van der Waals surface area contributed by atoms with Crippen LogP contribution in [0, 0.1) is 33.5 Å². The highest BCUT2D eigenvalue weighted by Crippen LogP contribution is 2.82. The van der Waals surface area contributed by atoms with Crippen molar-refractivity contribution in [2.24, 2.45) is 16.6 Å². The van der Waals surface area contributed by atoms with Gasteiger partial charge in [0.1, 0.15) is 0 Å². The second-order valence-corrected chi connectivity index (χ2v) is 7.81. The number of rotatable bonds is 6. The average Bonchev–Trinajstić information content (AvgIpc) is 3.20. The Labute approximate surface area is 176 Å². The predicted octanol–water partition coefficient (Wildman–Crippen LogP) is 1.82. The number of hydrogen-bond donors (Lipinski definition) is 2. The van der Waals surface area contributed by atoms with Crippen LogP contribution in [0.5, 0.6) is 0 Å². The van der Waals surface area contributed by atoms with E-state index >= 15 is 0 Å². The molecule has 1 heterocycles. The van der Waals surface area contributed by atoms with Gasteiger partial charge >= 0.3 is 5.91 Å². The summed E-state index contributed by atoms with van der Waals surface area (Å²) >= 11 is 0. The molecule has 1 aliphatic carbocycles. The summed E-state index contributed by atoms with van der Waals surface area (Å²) < 4.78 is 12.0. The van der Waals surface area contributed by atoms with Gasteiger partial charge in [-0.3, -0.25) is 5.73 Å². The maximum Gasteiger partial charge on any atom is 0.343 e. The minimum atomic E-state index is -1.49. The Balaban J connectivity index is 1.87. The molecule has 2 aromatic carbocycles. The molecular formula is C24H25N4O2+. The van der Waals surface area contributed by atoms with Gasteiger partial charge in [0.2, 0.25) is 0 Å². The van der Waals surface area contributed by atoms with Crippen molar-refractivity contribution in [2.75, 3.05) is 13.2 Å². The van der Waals surface area contributed by atoms with Crippen LogP contribution in [0.3, 0.4) is 0 Å². The molecule has 0 bridgehead atoms. The zero-order valence-corrected chi connectivity index (χ0v) is 17.4. The van der Waals surface area contributed by atoms with E-state index in [1.807, 2.05) is 75.4 Å². The second kappa shape index (κ2) is 6.67. The topological polar surface area (TPSA) is 106 Å². The Kier molecular flexibility index (Phi) is 4.47. The highest BCUT2D eigenvalue weighted by molar-refractivity contribution is 5.97. The highest BCUT2D eigenvalue weighted by Gasteiger charge is 3.03. The molecule has 30 heavy (non-hydrogen) atoms. The number of nitrogens with one attached hydrogen (secondary N) is 1. The van der Waals surface area contributed by atoms with Crippen molar-refractivity contribution in [3.63, 3.8) is 0 Å². The van der Waals surface area contributed by atoms with E-state index in [1.165, 1.54) is 0 Å². The number of nitriles is 2. The fourth-order valence-electron chi connectivity index (χ4n) is 5.45. The molecule has 3 atom stereocenters. The van der Waals surface area contributed by atoms with E-state index in [0.29, 0.717) is 13.2 Å². The van der Waals surface area contributed by atoms with Gasteiger partial charge in [-0.1, -0.05) is 61.5 Å². The van der Waals surface area contributed by atoms with Crippen LogP contribution >= 0.6 is 0 Å². The number of fused-ring (bicyclic) bond motifs is 1. The summed E-state index contributed by atoms with van der Waals surface area (Å²) in [4.78, 5) is 3.02. The SMILES string of the molecule is CCOC1(OCC)[NH+]=C(N)[C@@]2(C#N)[C@](C)(c3ccc(-c4ccccc4)cc3)[C@@]12C#N. The number of ether oxygens (including phenoxy) is 2. The Morgan fingerprint density at radius 2 is 1.47 bits per heavy atom. The second-order valence-electron chi connectivity index (χ2n) is 7.81. The van der Waals surface area contributed by atoms with Gasteiger partial charge in [0, 0.05) is 0 Å². The third kappa shape index (κ3) is 2.00.